The highest BCUT2D eigenvalue weighted by molar-refractivity contribution is 5.93. The first-order chi connectivity index (χ1) is 16.6. The van der Waals surface area contributed by atoms with Gasteiger partial charge >= 0.3 is 12.1 Å². The zero-order valence-corrected chi connectivity index (χ0v) is 20.8. The second kappa shape index (κ2) is 11.6. The maximum absolute atomic E-state index is 12.2. The molecular weight excluding hydrogens is 455 g/mol. The molecule has 35 heavy (non-hydrogen) atoms. The molecule has 0 bridgehead atoms. The molecule has 2 fully saturated rings. The van der Waals surface area contributed by atoms with Crippen molar-refractivity contribution in [2.24, 2.45) is 11.8 Å². The van der Waals surface area contributed by atoms with Gasteiger partial charge in [-0.1, -0.05) is 32.1 Å². The summed E-state index contributed by atoms with van der Waals surface area (Å²) in [6.07, 6.45) is 8.42. The van der Waals surface area contributed by atoms with Gasteiger partial charge in [-0.05, 0) is 70.2 Å². The highest BCUT2D eigenvalue weighted by Gasteiger charge is 2.40. The van der Waals surface area contributed by atoms with E-state index in [9.17, 15) is 18.9 Å². The molecule has 2 atom stereocenters. The van der Waals surface area contributed by atoms with E-state index in [1.54, 1.807) is 18.2 Å². The monoisotopic (exact) mass is 490 g/mol. The van der Waals surface area contributed by atoms with Gasteiger partial charge in [-0.15, -0.1) is 0 Å². The third kappa shape index (κ3) is 6.96. The number of fused-ring (bicyclic) bond motifs is 1. The molecule has 1 N–H and O–H groups in total. The van der Waals surface area contributed by atoms with E-state index >= 15 is 0 Å². The number of halogens is 1. The quantitative estimate of drug-likeness (QED) is 0.508. The number of hydrogen-bond acceptors (Lipinski definition) is 6. The zero-order chi connectivity index (χ0) is 25.6. The molecule has 0 spiro atoms. The molecule has 192 valence electrons. The molecule has 0 radical (unpaired) electrons. The van der Waals surface area contributed by atoms with E-state index in [4.69, 9.17) is 9.15 Å². The molecule has 1 saturated carbocycles. The fraction of sp³-hybridized carbons (Fsp3) is 0.577. The number of likely N-dealkylation sites (tertiary alicyclic amines) is 1. The van der Waals surface area contributed by atoms with Crippen LogP contribution in [0.5, 0.6) is 0 Å². The summed E-state index contributed by atoms with van der Waals surface area (Å²) in [5.74, 6) is 0.0888. The highest BCUT2D eigenvalue weighted by atomic mass is 19.3. The molecule has 1 aromatic heterocycles. The SMILES string of the molecule is CC1C(C2CCCCC2)CCN1C(=O)OC(C)(C)C.O=CNc1ccc2oc(C(=O)OF)cc2c1. The molecule has 2 aromatic rings. The molecule has 2 heterocycles. The summed E-state index contributed by atoms with van der Waals surface area (Å²) in [4.78, 5) is 38.2. The van der Waals surface area contributed by atoms with Crippen molar-refractivity contribution in [1.82, 2.24) is 4.90 Å². The van der Waals surface area contributed by atoms with Crippen LogP contribution in [-0.2, 0) is 14.5 Å². The molecule has 1 saturated heterocycles. The summed E-state index contributed by atoms with van der Waals surface area (Å²) in [6.45, 7) is 8.88. The Labute approximate surface area is 205 Å². The summed E-state index contributed by atoms with van der Waals surface area (Å²) in [5.41, 5.74) is 0.556. The van der Waals surface area contributed by atoms with E-state index in [-0.39, 0.29) is 17.5 Å². The first kappa shape index (κ1) is 26.5. The predicted molar refractivity (Wildman–Crippen MR) is 130 cm³/mol. The second-order valence-electron chi connectivity index (χ2n) is 10.3. The zero-order valence-electron chi connectivity index (χ0n) is 20.8. The van der Waals surface area contributed by atoms with Gasteiger partial charge in [0.2, 0.25) is 12.2 Å². The Morgan fingerprint density at radius 2 is 1.86 bits per heavy atom. The smallest absolute Gasteiger partial charge is 0.414 e. The van der Waals surface area contributed by atoms with Crippen molar-refractivity contribution < 1.29 is 33.0 Å². The lowest BCUT2D eigenvalue weighted by molar-refractivity contribution is -0.105. The number of furan rings is 1. The summed E-state index contributed by atoms with van der Waals surface area (Å²) in [6, 6.07) is 6.40. The van der Waals surface area contributed by atoms with Crippen LogP contribution in [0.3, 0.4) is 0 Å². The van der Waals surface area contributed by atoms with Crippen LogP contribution in [0.15, 0.2) is 28.7 Å². The number of ether oxygens (including phenoxy) is 1. The number of nitrogens with one attached hydrogen (secondary N) is 1. The average Bonchev–Trinajstić information content (AvgIpc) is 3.42. The second-order valence-corrected chi connectivity index (χ2v) is 10.3. The maximum atomic E-state index is 12.2. The van der Waals surface area contributed by atoms with Gasteiger partial charge in [-0.25, -0.2) is 14.5 Å². The molecule has 4 rings (SSSR count). The molecule has 1 aliphatic carbocycles. The molecule has 2 unspecified atom stereocenters. The van der Waals surface area contributed by atoms with E-state index in [1.807, 2.05) is 25.7 Å². The Morgan fingerprint density at radius 3 is 2.49 bits per heavy atom. The molecular formula is C26H35FN2O6. The fourth-order valence-corrected chi connectivity index (χ4v) is 5.07. The van der Waals surface area contributed by atoms with Crippen LogP contribution in [0, 0.1) is 11.8 Å². The van der Waals surface area contributed by atoms with Crippen LogP contribution in [0.2, 0.25) is 0 Å². The summed E-state index contributed by atoms with van der Waals surface area (Å²) >= 11 is 0. The van der Waals surface area contributed by atoms with Crippen LogP contribution in [0.4, 0.5) is 15.0 Å². The van der Waals surface area contributed by atoms with E-state index in [0.29, 0.717) is 35.0 Å². The Kier molecular flexibility index (Phi) is 8.75. The van der Waals surface area contributed by atoms with Crippen LogP contribution in [0.25, 0.3) is 11.0 Å². The number of amides is 2. The number of hydrogen-bond donors (Lipinski definition) is 1. The lowest BCUT2D eigenvalue weighted by atomic mass is 9.77. The van der Waals surface area contributed by atoms with Gasteiger partial charge in [0.1, 0.15) is 11.2 Å². The van der Waals surface area contributed by atoms with Gasteiger partial charge < -0.3 is 19.4 Å². The predicted octanol–water partition coefficient (Wildman–Crippen LogP) is 6.25. The lowest BCUT2D eigenvalue weighted by Crippen LogP contribution is -2.41. The fourth-order valence-electron chi connectivity index (χ4n) is 5.07. The Morgan fingerprint density at radius 1 is 1.14 bits per heavy atom. The van der Waals surface area contributed by atoms with Gasteiger partial charge in [-0.3, -0.25) is 4.79 Å². The standard InChI is InChI=1S/C16H29NO2.C10H6FNO4/c1-12-14(13-8-6-5-7-9-13)10-11-17(12)15(18)19-16(2,3)4;11-16-10(14)9-4-6-3-7(12-5-13)1-2-8(6)15-9/h12-14H,5-11H2,1-4H3;1-5H,(H,12,13). The number of rotatable bonds is 4. The van der Waals surface area contributed by atoms with E-state index in [0.717, 1.165) is 18.9 Å². The van der Waals surface area contributed by atoms with Gasteiger partial charge in [0, 0.05) is 28.2 Å². The Balaban J connectivity index is 0.000000198. The minimum Gasteiger partial charge on any atom is -0.449 e. The van der Waals surface area contributed by atoms with Crippen molar-refractivity contribution in [3.05, 3.63) is 30.0 Å². The van der Waals surface area contributed by atoms with Crippen molar-refractivity contribution in [3.8, 4) is 0 Å². The molecule has 1 aromatic carbocycles. The summed E-state index contributed by atoms with van der Waals surface area (Å²) < 4.78 is 22.2. The van der Waals surface area contributed by atoms with Gasteiger partial charge in [-0.2, -0.15) is 0 Å². The minimum absolute atomic E-state index is 0.127. The Bertz CT molecular complexity index is 1020. The first-order valence-corrected chi connectivity index (χ1v) is 12.2. The average molecular weight is 491 g/mol. The molecule has 9 heteroatoms. The van der Waals surface area contributed by atoms with Crippen molar-refractivity contribution in [2.45, 2.75) is 77.9 Å². The lowest BCUT2D eigenvalue weighted by Gasteiger charge is -2.33. The highest BCUT2D eigenvalue weighted by Crippen LogP contribution is 2.39. The van der Waals surface area contributed by atoms with E-state index < -0.39 is 5.97 Å². The van der Waals surface area contributed by atoms with Crippen molar-refractivity contribution in [3.63, 3.8) is 0 Å². The topological polar surface area (TPSA) is 98.1 Å². The number of anilines is 1. The minimum atomic E-state index is -1.19. The number of carbonyl (C=O) groups excluding carboxylic acids is 3. The van der Waals surface area contributed by atoms with Crippen LogP contribution >= 0.6 is 0 Å². The third-order valence-corrected chi connectivity index (χ3v) is 6.71. The summed E-state index contributed by atoms with van der Waals surface area (Å²) in [5, 5.41) is 3.00. The third-order valence-electron chi connectivity index (χ3n) is 6.71. The van der Waals surface area contributed by atoms with Crippen molar-refractivity contribution in [2.75, 3.05) is 11.9 Å². The van der Waals surface area contributed by atoms with Crippen LogP contribution < -0.4 is 5.32 Å². The largest absolute Gasteiger partial charge is 0.449 e. The van der Waals surface area contributed by atoms with E-state index in [1.165, 1.54) is 38.2 Å². The first-order valence-electron chi connectivity index (χ1n) is 12.2. The number of benzene rings is 1. The van der Waals surface area contributed by atoms with Crippen LogP contribution in [0.1, 0.15) is 76.8 Å². The van der Waals surface area contributed by atoms with Crippen LogP contribution in [-0.4, -0.2) is 41.6 Å². The number of nitrogens with zero attached hydrogens (tertiary/aromatic N) is 1. The summed E-state index contributed by atoms with van der Waals surface area (Å²) in [7, 11) is 0. The van der Waals surface area contributed by atoms with Crippen molar-refractivity contribution >= 4 is 35.1 Å². The van der Waals surface area contributed by atoms with Gasteiger partial charge in [0.05, 0.1) is 0 Å². The van der Waals surface area contributed by atoms with Crippen molar-refractivity contribution in [1.29, 1.82) is 0 Å². The molecule has 2 aliphatic rings. The Hall–Kier alpha value is -3.10. The molecule has 1 aliphatic heterocycles. The van der Waals surface area contributed by atoms with Gasteiger partial charge in [0.25, 0.3) is 0 Å². The molecule has 8 nitrogen and oxygen atoms in total. The molecule has 2 amide bonds. The maximum Gasteiger partial charge on any atom is 0.414 e. The van der Waals surface area contributed by atoms with E-state index in [2.05, 4.69) is 17.2 Å². The number of carbonyl (C=O) groups is 3. The normalized spacial score (nSPS) is 20.7. The van der Waals surface area contributed by atoms with Gasteiger partial charge in [0.15, 0.2) is 0 Å².